The molecule has 0 bridgehead atoms. The molecule has 0 aromatic rings. The Kier molecular flexibility index (Phi) is 14.2. The Hall–Kier alpha value is 1.11. The van der Waals surface area contributed by atoms with E-state index in [4.69, 9.17) is 29.6 Å². The van der Waals surface area contributed by atoms with Gasteiger partial charge in [-0.05, 0) is 19.3 Å². The van der Waals surface area contributed by atoms with Crippen LogP contribution in [0.1, 0.15) is 46.0 Å². The molecule has 0 fully saturated rings. The first-order chi connectivity index (χ1) is 5.70. The summed E-state index contributed by atoms with van der Waals surface area (Å²) in [6.45, 7) is 4.30. The summed E-state index contributed by atoms with van der Waals surface area (Å²) in [4.78, 5) is 0. The minimum atomic E-state index is 0. The minimum Gasteiger partial charge on any atom is -0.510 e. The first-order valence-corrected chi connectivity index (χ1v) is 5.40. The summed E-state index contributed by atoms with van der Waals surface area (Å²) >= 11 is 9.42. The molecule has 0 saturated carbocycles. The van der Waals surface area contributed by atoms with Crippen LogP contribution in [0, 0.1) is 0 Å². The maximum absolute atomic E-state index is 5.29. The molecule has 1 nitrogen and oxygen atoms in total. The molecule has 0 N–H and O–H groups in total. The Balaban J connectivity index is 0. The number of rotatable bonds is 6. The van der Waals surface area contributed by atoms with Gasteiger partial charge in [0.05, 0.1) is 6.10 Å². The topological polar surface area (TPSA) is 9.23 Å². The number of hydrogen-bond acceptors (Lipinski definition) is 3. The van der Waals surface area contributed by atoms with Crippen LogP contribution in [0.15, 0.2) is 0 Å². The Morgan fingerprint density at radius 3 is 2.38 bits per heavy atom. The summed E-state index contributed by atoms with van der Waals surface area (Å²) in [6.07, 6.45) is 6.06. The second kappa shape index (κ2) is 11.2. The molecule has 72 valence electrons. The van der Waals surface area contributed by atoms with Crippen LogP contribution in [0.5, 0.6) is 0 Å². The van der Waals surface area contributed by atoms with E-state index in [0.717, 1.165) is 12.8 Å². The standard InChI is InChI=1S/C9H18OS2.Na/c1-3-5-6-7-8(4-2)10-9(11)12;/h8H,3-7H2,1-2H3,(H,11,12);/q;+1/p-1. The molecule has 0 aliphatic heterocycles. The van der Waals surface area contributed by atoms with Crippen molar-refractivity contribution in [2.75, 3.05) is 0 Å². The first kappa shape index (κ1) is 16.5. The second-order valence-electron chi connectivity index (χ2n) is 2.89. The van der Waals surface area contributed by atoms with E-state index >= 15 is 0 Å². The van der Waals surface area contributed by atoms with Gasteiger partial charge < -0.3 is 29.6 Å². The van der Waals surface area contributed by atoms with Crippen LogP contribution >= 0.6 is 12.2 Å². The van der Waals surface area contributed by atoms with Crippen LogP contribution in [-0.4, -0.2) is 10.5 Å². The first-order valence-electron chi connectivity index (χ1n) is 4.58. The van der Waals surface area contributed by atoms with Gasteiger partial charge in [-0.25, -0.2) is 0 Å². The zero-order chi connectivity index (χ0) is 9.40. The third kappa shape index (κ3) is 11.0. The van der Waals surface area contributed by atoms with Crippen molar-refractivity contribution in [3.05, 3.63) is 0 Å². The van der Waals surface area contributed by atoms with Crippen LogP contribution < -0.4 is 29.6 Å². The average Bonchev–Trinajstić information content (AvgIpc) is 2.02. The molecule has 0 amide bonds. The van der Waals surface area contributed by atoms with Gasteiger partial charge in [-0.15, -0.1) is 0 Å². The fraction of sp³-hybridized carbons (Fsp3) is 0.889. The molecular weight excluding hydrogens is 211 g/mol. The zero-order valence-corrected chi connectivity index (χ0v) is 12.5. The Labute approximate surface area is 115 Å². The van der Waals surface area contributed by atoms with Gasteiger partial charge >= 0.3 is 29.6 Å². The molecule has 0 saturated heterocycles. The third-order valence-corrected chi connectivity index (χ3v) is 2.04. The molecule has 0 aromatic heterocycles. The number of thiocarbonyl (C=S) groups is 1. The van der Waals surface area contributed by atoms with Gasteiger partial charge in [0.2, 0.25) is 0 Å². The van der Waals surface area contributed by atoms with Gasteiger partial charge in [0.25, 0.3) is 0 Å². The van der Waals surface area contributed by atoms with Crippen molar-refractivity contribution in [2.24, 2.45) is 0 Å². The fourth-order valence-electron chi connectivity index (χ4n) is 1.10. The average molecular weight is 228 g/mol. The largest absolute Gasteiger partial charge is 1.00 e. The second-order valence-corrected chi connectivity index (χ2v) is 3.89. The summed E-state index contributed by atoms with van der Waals surface area (Å²) in [7, 11) is 0. The normalized spacial score (nSPS) is 11.5. The quantitative estimate of drug-likeness (QED) is 0.278. The Morgan fingerprint density at radius 1 is 1.38 bits per heavy atom. The summed E-state index contributed by atoms with van der Waals surface area (Å²) in [5, 5.41) is 0. The Bertz CT molecular complexity index is 131. The van der Waals surface area contributed by atoms with E-state index in [1.165, 1.54) is 19.3 Å². The predicted octanol–water partition coefficient (Wildman–Crippen LogP) is 0.198. The minimum absolute atomic E-state index is 0. The molecular formula is C9H17NaOS2. The van der Waals surface area contributed by atoms with Crippen molar-refractivity contribution < 1.29 is 34.3 Å². The molecule has 0 rings (SSSR count). The summed E-state index contributed by atoms with van der Waals surface area (Å²) in [5.41, 5.74) is 0. The van der Waals surface area contributed by atoms with E-state index in [1.54, 1.807) is 0 Å². The van der Waals surface area contributed by atoms with Gasteiger partial charge in [-0.1, -0.05) is 26.7 Å². The summed E-state index contributed by atoms with van der Waals surface area (Å²) in [6, 6.07) is 0. The molecule has 1 unspecified atom stereocenters. The van der Waals surface area contributed by atoms with E-state index in [0.29, 0.717) is 0 Å². The zero-order valence-electron chi connectivity index (χ0n) is 8.84. The number of unbranched alkanes of at least 4 members (excludes halogenated alkanes) is 2. The van der Waals surface area contributed by atoms with Crippen LogP contribution in [0.4, 0.5) is 0 Å². The molecule has 0 aliphatic carbocycles. The molecule has 1 atom stereocenters. The van der Waals surface area contributed by atoms with Crippen molar-refractivity contribution in [3.63, 3.8) is 0 Å². The SMILES string of the molecule is CCCCCC(CC)OC(=S)[S-].[Na+]. The van der Waals surface area contributed by atoms with Crippen molar-refractivity contribution in [2.45, 2.75) is 52.1 Å². The van der Waals surface area contributed by atoms with Crippen molar-refractivity contribution in [1.29, 1.82) is 0 Å². The predicted molar refractivity (Wildman–Crippen MR) is 59.3 cm³/mol. The monoisotopic (exact) mass is 228 g/mol. The molecule has 4 heteroatoms. The van der Waals surface area contributed by atoms with Gasteiger partial charge in [0.15, 0.2) is 0 Å². The molecule has 0 heterocycles. The summed E-state index contributed by atoms with van der Waals surface area (Å²) < 4.78 is 5.55. The molecule has 0 aromatic carbocycles. The van der Waals surface area contributed by atoms with E-state index in [2.05, 4.69) is 13.8 Å². The van der Waals surface area contributed by atoms with Crippen LogP contribution in [0.3, 0.4) is 0 Å². The van der Waals surface area contributed by atoms with E-state index in [-0.39, 0.29) is 40.0 Å². The molecule has 0 spiro atoms. The van der Waals surface area contributed by atoms with Crippen LogP contribution in [-0.2, 0) is 17.4 Å². The Morgan fingerprint density at radius 2 is 2.00 bits per heavy atom. The van der Waals surface area contributed by atoms with Crippen molar-refractivity contribution >= 4 is 29.2 Å². The smallest absolute Gasteiger partial charge is 0.510 e. The van der Waals surface area contributed by atoms with E-state index in [9.17, 15) is 0 Å². The maximum atomic E-state index is 5.29. The van der Waals surface area contributed by atoms with Gasteiger partial charge in [0, 0.05) is 4.38 Å². The van der Waals surface area contributed by atoms with E-state index in [1.807, 2.05) is 0 Å². The number of hydrogen-bond donors (Lipinski definition) is 0. The fourth-order valence-corrected chi connectivity index (χ4v) is 1.38. The third-order valence-electron chi connectivity index (χ3n) is 1.85. The molecule has 0 radical (unpaired) electrons. The molecule has 13 heavy (non-hydrogen) atoms. The summed E-state index contributed by atoms with van der Waals surface area (Å²) in [5.74, 6) is 0. The van der Waals surface area contributed by atoms with Gasteiger partial charge in [-0.2, -0.15) is 0 Å². The van der Waals surface area contributed by atoms with Gasteiger partial charge in [-0.3, -0.25) is 0 Å². The van der Waals surface area contributed by atoms with Gasteiger partial charge in [0.1, 0.15) is 0 Å². The maximum Gasteiger partial charge on any atom is 1.00 e. The number of ether oxygens (including phenoxy) is 1. The van der Waals surface area contributed by atoms with Crippen molar-refractivity contribution in [3.8, 4) is 0 Å². The molecule has 0 aliphatic rings. The van der Waals surface area contributed by atoms with Crippen LogP contribution in [0.25, 0.3) is 0 Å². The van der Waals surface area contributed by atoms with E-state index < -0.39 is 0 Å². The van der Waals surface area contributed by atoms with Crippen molar-refractivity contribution in [1.82, 2.24) is 0 Å². The van der Waals surface area contributed by atoms with Crippen LogP contribution in [0.2, 0.25) is 0 Å².